The molecule has 0 unspecified atom stereocenters. The van der Waals surface area contributed by atoms with Gasteiger partial charge < -0.3 is 14.6 Å². The molecule has 0 aliphatic heterocycles. The second-order valence-corrected chi connectivity index (χ2v) is 9.44. The molecule has 2 aromatic carbocycles. The molecule has 0 saturated carbocycles. The molecule has 1 N–H and O–H groups in total. The Morgan fingerprint density at radius 1 is 1.03 bits per heavy atom. The van der Waals surface area contributed by atoms with E-state index in [1.165, 1.54) is 59.7 Å². The van der Waals surface area contributed by atoms with Crippen LogP contribution in [0.4, 0.5) is 8.78 Å². The fraction of sp³-hybridized carbons (Fsp3) is 0.269. The Morgan fingerprint density at radius 3 is 2.27 bits per heavy atom. The van der Waals surface area contributed by atoms with E-state index in [2.05, 4.69) is 20.7 Å². The van der Waals surface area contributed by atoms with E-state index >= 15 is 0 Å². The molecule has 2 heterocycles. The van der Waals surface area contributed by atoms with E-state index in [0.29, 0.717) is 16.9 Å². The number of amides is 2. The number of hydrogen-bond donors (Lipinski definition) is 1. The number of carbonyl (C=O) groups is 2. The van der Waals surface area contributed by atoms with Crippen LogP contribution in [0.3, 0.4) is 0 Å². The molecule has 0 radical (unpaired) electrons. The molecule has 37 heavy (non-hydrogen) atoms. The van der Waals surface area contributed by atoms with Gasteiger partial charge in [0.15, 0.2) is 0 Å². The smallest absolute Gasteiger partial charge is 0.247 e. The van der Waals surface area contributed by atoms with Crippen molar-refractivity contribution in [2.45, 2.75) is 45.4 Å². The van der Waals surface area contributed by atoms with Crippen molar-refractivity contribution in [3.8, 4) is 11.4 Å². The van der Waals surface area contributed by atoms with Crippen LogP contribution in [0.15, 0.2) is 71.3 Å². The van der Waals surface area contributed by atoms with Gasteiger partial charge in [-0.15, -0.1) is 10.2 Å². The van der Waals surface area contributed by atoms with Gasteiger partial charge in [-0.3, -0.25) is 9.59 Å². The first-order valence-electron chi connectivity index (χ1n) is 11.5. The summed E-state index contributed by atoms with van der Waals surface area (Å²) in [5.41, 5.74) is 0.356. The van der Waals surface area contributed by atoms with Crippen molar-refractivity contribution >= 4 is 11.8 Å². The van der Waals surface area contributed by atoms with E-state index in [1.54, 1.807) is 12.1 Å². The molecule has 0 aliphatic carbocycles. The molecule has 11 heteroatoms. The number of carbonyl (C=O) groups excluding carboxylic acids is 2. The fourth-order valence-corrected chi connectivity index (χ4v) is 3.69. The van der Waals surface area contributed by atoms with Crippen LogP contribution in [0, 0.1) is 11.6 Å². The number of furan rings is 1. The van der Waals surface area contributed by atoms with Gasteiger partial charge in [-0.2, -0.15) is 4.80 Å². The summed E-state index contributed by atoms with van der Waals surface area (Å²) in [6.45, 7) is 5.09. The number of nitrogens with zero attached hydrogens (tertiary/aromatic N) is 5. The minimum atomic E-state index is -1.10. The summed E-state index contributed by atoms with van der Waals surface area (Å²) in [6.07, 6.45) is 1.47. The monoisotopic (exact) mass is 508 g/mol. The lowest BCUT2D eigenvalue weighted by atomic mass is 10.0. The summed E-state index contributed by atoms with van der Waals surface area (Å²) >= 11 is 0. The minimum absolute atomic E-state index is 0.0368. The van der Waals surface area contributed by atoms with E-state index in [1.807, 2.05) is 20.8 Å². The maximum absolute atomic E-state index is 13.7. The van der Waals surface area contributed by atoms with E-state index in [4.69, 9.17) is 4.42 Å². The quantitative estimate of drug-likeness (QED) is 0.387. The van der Waals surface area contributed by atoms with Gasteiger partial charge in [0.25, 0.3) is 0 Å². The van der Waals surface area contributed by atoms with Gasteiger partial charge >= 0.3 is 0 Å². The zero-order chi connectivity index (χ0) is 26.6. The Balaban J connectivity index is 1.66. The average Bonchev–Trinajstić information content (AvgIpc) is 3.51. The number of halogens is 2. The molecule has 2 aromatic heterocycles. The highest BCUT2D eigenvalue weighted by molar-refractivity contribution is 5.89. The molecule has 0 aliphatic rings. The molecule has 9 nitrogen and oxygen atoms in total. The van der Waals surface area contributed by atoms with Crippen LogP contribution < -0.4 is 5.32 Å². The lowest BCUT2D eigenvalue weighted by Gasteiger charge is -2.33. The first kappa shape index (κ1) is 25.7. The number of nitrogens with one attached hydrogen (secondary N) is 1. The predicted molar refractivity (Wildman–Crippen MR) is 130 cm³/mol. The summed E-state index contributed by atoms with van der Waals surface area (Å²) in [6, 6.07) is 13.2. The van der Waals surface area contributed by atoms with Crippen LogP contribution in [0.5, 0.6) is 0 Å². The van der Waals surface area contributed by atoms with Crippen molar-refractivity contribution in [1.82, 2.24) is 30.4 Å². The fourth-order valence-electron chi connectivity index (χ4n) is 3.69. The zero-order valence-electron chi connectivity index (χ0n) is 20.6. The number of hydrogen-bond acceptors (Lipinski definition) is 6. The summed E-state index contributed by atoms with van der Waals surface area (Å²) in [5, 5.41) is 15.0. The summed E-state index contributed by atoms with van der Waals surface area (Å²) in [5.74, 6) is -1.16. The normalized spacial score (nSPS) is 12.2. The average molecular weight is 509 g/mol. The predicted octanol–water partition coefficient (Wildman–Crippen LogP) is 3.90. The first-order chi connectivity index (χ1) is 17.6. The maximum Gasteiger partial charge on any atom is 0.247 e. The SMILES string of the molecule is CC(C)(C)NC(=O)[C@H](c1ccc(F)cc1)N(Cc1ccco1)C(=O)Cn1nnc(-c2ccc(F)cc2)n1. The molecule has 2 amide bonds. The van der Waals surface area contributed by atoms with Crippen molar-refractivity contribution in [3.63, 3.8) is 0 Å². The third kappa shape index (κ3) is 6.63. The Kier molecular flexibility index (Phi) is 7.42. The third-order valence-electron chi connectivity index (χ3n) is 5.30. The second-order valence-electron chi connectivity index (χ2n) is 9.44. The molecular formula is C26H26F2N6O3. The zero-order valence-corrected chi connectivity index (χ0v) is 20.6. The highest BCUT2D eigenvalue weighted by atomic mass is 19.1. The molecule has 4 aromatic rings. The van der Waals surface area contributed by atoms with E-state index in [9.17, 15) is 18.4 Å². The van der Waals surface area contributed by atoms with Crippen LogP contribution in [0.25, 0.3) is 11.4 Å². The third-order valence-corrected chi connectivity index (χ3v) is 5.30. The van der Waals surface area contributed by atoms with Crippen molar-refractivity contribution in [2.24, 2.45) is 0 Å². The topological polar surface area (TPSA) is 106 Å². The highest BCUT2D eigenvalue weighted by Gasteiger charge is 2.34. The molecule has 192 valence electrons. The van der Waals surface area contributed by atoms with Crippen molar-refractivity contribution in [3.05, 3.63) is 89.9 Å². The number of tetrazole rings is 1. The highest BCUT2D eigenvalue weighted by Crippen LogP contribution is 2.26. The van der Waals surface area contributed by atoms with Crippen molar-refractivity contribution < 1.29 is 22.8 Å². The van der Waals surface area contributed by atoms with E-state index < -0.39 is 35.0 Å². The molecule has 0 fully saturated rings. The summed E-state index contributed by atoms with van der Waals surface area (Å²) < 4.78 is 32.4. The van der Waals surface area contributed by atoms with Crippen molar-refractivity contribution in [2.75, 3.05) is 0 Å². The van der Waals surface area contributed by atoms with Gasteiger partial charge in [0.1, 0.15) is 30.0 Å². The van der Waals surface area contributed by atoms with Gasteiger partial charge in [-0.25, -0.2) is 8.78 Å². The molecule has 4 rings (SSSR count). The lowest BCUT2D eigenvalue weighted by molar-refractivity contribution is -0.143. The molecule has 0 saturated heterocycles. The Labute approximate surface area is 212 Å². The van der Waals surface area contributed by atoms with Crippen LogP contribution in [-0.2, 0) is 22.7 Å². The van der Waals surface area contributed by atoms with E-state index in [-0.39, 0.29) is 18.9 Å². The van der Waals surface area contributed by atoms with Crippen LogP contribution >= 0.6 is 0 Å². The van der Waals surface area contributed by atoms with Crippen LogP contribution in [0.2, 0.25) is 0 Å². The first-order valence-corrected chi connectivity index (χ1v) is 11.5. The lowest BCUT2D eigenvalue weighted by Crippen LogP contribution is -2.49. The summed E-state index contributed by atoms with van der Waals surface area (Å²) in [4.78, 5) is 29.5. The Hall–Kier alpha value is -4.41. The van der Waals surface area contributed by atoms with Gasteiger partial charge in [0, 0.05) is 11.1 Å². The van der Waals surface area contributed by atoms with Crippen LogP contribution in [0.1, 0.15) is 38.1 Å². The second kappa shape index (κ2) is 10.7. The maximum atomic E-state index is 13.7. The number of benzene rings is 2. The molecule has 0 bridgehead atoms. The van der Waals surface area contributed by atoms with Gasteiger partial charge in [-0.1, -0.05) is 12.1 Å². The van der Waals surface area contributed by atoms with Gasteiger partial charge in [0.2, 0.25) is 17.6 Å². The van der Waals surface area contributed by atoms with E-state index in [0.717, 1.165) is 4.80 Å². The standard InChI is InChI=1S/C26H26F2N6O3/c1-26(2,3)29-25(36)23(17-6-10-19(27)11-7-17)33(15-21-5-4-14-37-21)22(35)16-34-31-24(30-32-34)18-8-12-20(28)13-9-18/h4-14,23H,15-16H2,1-3H3,(H,29,36)/t23-/m0/s1. The van der Waals surface area contributed by atoms with Gasteiger partial charge in [-0.05, 0) is 80.1 Å². The number of rotatable bonds is 8. The number of aromatic nitrogens is 4. The Bertz CT molecular complexity index is 1350. The molecular weight excluding hydrogens is 482 g/mol. The minimum Gasteiger partial charge on any atom is -0.467 e. The van der Waals surface area contributed by atoms with Gasteiger partial charge in [0.05, 0.1) is 12.8 Å². The molecule has 0 spiro atoms. The molecule has 1 atom stereocenters. The Morgan fingerprint density at radius 2 is 1.68 bits per heavy atom. The van der Waals surface area contributed by atoms with Crippen molar-refractivity contribution in [1.29, 1.82) is 0 Å². The summed E-state index contributed by atoms with van der Waals surface area (Å²) in [7, 11) is 0. The van der Waals surface area contributed by atoms with Crippen LogP contribution in [-0.4, -0.2) is 42.5 Å². The largest absolute Gasteiger partial charge is 0.467 e.